The van der Waals surface area contributed by atoms with Crippen molar-refractivity contribution in [3.05, 3.63) is 35.6 Å². The van der Waals surface area contributed by atoms with Crippen molar-refractivity contribution in [3.63, 3.8) is 0 Å². The Morgan fingerprint density at radius 3 is 2.42 bits per heavy atom. The second-order valence-corrected chi connectivity index (χ2v) is 5.64. The quantitative estimate of drug-likeness (QED) is 0.822. The number of carbonyl (C=O) groups is 2. The maximum atomic E-state index is 12.9. The highest BCUT2D eigenvalue weighted by Gasteiger charge is 2.36. The molecule has 0 saturated carbocycles. The largest absolute Gasteiger partial charge is 0.481 e. The molecule has 2 rings (SSSR count). The number of halogens is 4. The number of amides is 2. The first-order chi connectivity index (χ1) is 11.2. The highest BCUT2D eigenvalue weighted by atomic mass is 19.4. The van der Waals surface area contributed by atoms with E-state index in [1.807, 2.05) is 0 Å². The molecule has 1 saturated heterocycles. The number of carboxylic acids is 1. The van der Waals surface area contributed by atoms with E-state index < -0.39 is 42.4 Å². The molecule has 0 spiro atoms. The van der Waals surface area contributed by atoms with Gasteiger partial charge in [0.2, 0.25) is 0 Å². The molecule has 1 aromatic carbocycles. The van der Waals surface area contributed by atoms with E-state index >= 15 is 0 Å². The molecule has 1 aromatic rings. The maximum absolute atomic E-state index is 12.9. The van der Waals surface area contributed by atoms with Gasteiger partial charge in [0.1, 0.15) is 5.82 Å². The number of nitrogens with one attached hydrogen (secondary N) is 1. The fraction of sp³-hybridized carbons (Fsp3) is 0.467. The summed E-state index contributed by atoms with van der Waals surface area (Å²) in [6.07, 6.45) is -5.58. The van der Waals surface area contributed by atoms with E-state index in [1.165, 1.54) is 17.0 Å². The lowest BCUT2D eigenvalue weighted by Crippen LogP contribution is -2.42. The highest BCUT2D eigenvalue weighted by Crippen LogP contribution is 2.30. The van der Waals surface area contributed by atoms with E-state index in [-0.39, 0.29) is 25.1 Å². The summed E-state index contributed by atoms with van der Waals surface area (Å²) in [5, 5.41) is 11.2. The summed E-state index contributed by atoms with van der Waals surface area (Å²) in [5.41, 5.74) is 0.121. The topological polar surface area (TPSA) is 69.6 Å². The SMILES string of the molecule is O=C(O)C1CCN(C(=O)NC(CC(F)(F)F)c2ccc(F)cc2)C1. The van der Waals surface area contributed by atoms with Gasteiger partial charge in [0.05, 0.1) is 18.4 Å². The lowest BCUT2D eigenvalue weighted by molar-refractivity contribution is -0.141. The number of benzene rings is 1. The van der Waals surface area contributed by atoms with Crippen molar-refractivity contribution in [1.82, 2.24) is 10.2 Å². The van der Waals surface area contributed by atoms with E-state index in [0.29, 0.717) is 0 Å². The zero-order valence-electron chi connectivity index (χ0n) is 12.5. The zero-order chi connectivity index (χ0) is 17.9. The standard InChI is InChI=1S/C15H16F4N2O3/c16-11-3-1-9(2-4-11)12(7-15(17,18)19)20-14(24)21-6-5-10(8-21)13(22)23/h1-4,10,12H,5-8H2,(H,20,24)(H,22,23). The van der Waals surface area contributed by atoms with Crippen LogP contribution in [0, 0.1) is 11.7 Å². The minimum atomic E-state index is -4.53. The number of rotatable bonds is 4. The molecule has 5 nitrogen and oxygen atoms in total. The number of carbonyl (C=O) groups excluding carboxylic acids is 1. The Morgan fingerprint density at radius 2 is 1.92 bits per heavy atom. The van der Waals surface area contributed by atoms with Gasteiger partial charge in [-0.15, -0.1) is 0 Å². The molecule has 1 aliphatic heterocycles. The van der Waals surface area contributed by atoms with Gasteiger partial charge in [-0.3, -0.25) is 4.79 Å². The van der Waals surface area contributed by atoms with Gasteiger partial charge in [-0.05, 0) is 24.1 Å². The number of carboxylic acid groups (broad SMARTS) is 1. The predicted molar refractivity (Wildman–Crippen MR) is 75.7 cm³/mol. The van der Waals surface area contributed by atoms with E-state index in [2.05, 4.69) is 5.32 Å². The van der Waals surface area contributed by atoms with Crippen LogP contribution in [0.25, 0.3) is 0 Å². The molecular formula is C15H16F4N2O3. The zero-order valence-corrected chi connectivity index (χ0v) is 12.5. The molecular weight excluding hydrogens is 332 g/mol. The smallest absolute Gasteiger partial charge is 0.391 e. The van der Waals surface area contributed by atoms with E-state index in [4.69, 9.17) is 5.11 Å². The van der Waals surface area contributed by atoms with Gasteiger partial charge in [-0.1, -0.05) is 12.1 Å². The third kappa shape index (κ3) is 4.84. The van der Waals surface area contributed by atoms with Crippen molar-refractivity contribution in [2.75, 3.05) is 13.1 Å². The van der Waals surface area contributed by atoms with E-state index in [9.17, 15) is 27.2 Å². The Morgan fingerprint density at radius 1 is 1.29 bits per heavy atom. The van der Waals surface area contributed by atoms with Crippen LogP contribution in [0.4, 0.5) is 22.4 Å². The Balaban J connectivity index is 2.09. The molecule has 2 atom stereocenters. The molecule has 0 bridgehead atoms. The van der Waals surface area contributed by atoms with Crippen LogP contribution in [-0.4, -0.2) is 41.3 Å². The monoisotopic (exact) mass is 348 g/mol. The molecule has 132 valence electrons. The maximum Gasteiger partial charge on any atom is 0.391 e. The fourth-order valence-corrected chi connectivity index (χ4v) is 2.57. The summed E-state index contributed by atoms with van der Waals surface area (Å²) in [4.78, 5) is 24.2. The van der Waals surface area contributed by atoms with Crippen LogP contribution in [0.3, 0.4) is 0 Å². The van der Waals surface area contributed by atoms with Gasteiger partial charge in [0, 0.05) is 13.1 Å². The Bertz CT molecular complexity index is 604. The van der Waals surface area contributed by atoms with Crippen molar-refractivity contribution in [3.8, 4) is 0 Å². The Kier molecular flexibility index (Phi) is 5.30. The molecule has 1 fully saturated rings. The summed E-state index contributed by atoms with van der Waals surface area (Å²) in [5.74, 6) is -2.36. The van der Waals surface area contributed by atoms with Crippen molar-refractivity contribution in [1.29, 1.82) is 0 Å². The van der Waals surface area contributed by atoms with E-state index in [1.54, 1.807) is 0 Å². The molecule has 2 amide bonds. The molecule has 2 unspecified atom stereocenters. The van der Waals surface area contributed by atoms with Gasteiger partial charge in [-0.2, -0.15) is 13.2 Å². The summed E-state index contributed by atoms with van der Waals surface area (Å²) in [6, 6.07) is 2.24. The van der Waals surface area contributed by atoms with Crippen LogP contribution < -0.4 is 5.32 Å². The second-order valence-electron chi connectivity index (χ2n) is 5.64. The Labute approximate surface area is 135 Å². The molecule has 0 aromatic heterocycles. The van der Waals surface area contributed by atoms with Gasteiger partial charge in [-0.25, -0.2) is 9.18 Å². The van der Waals surface area contributed by atoms with Crippen LogP contribution >= 0.6 is 0 Å². The van der Waals surface area contributed by atoms with Crippen LogP contribution in [0.2, 0.25) is 0 Å². The average Bonchev–Trinajstić information content (AvgIpc) is 2.96. The number of alkyl halides is 3. The number of urea groups is 1. The van der Waals surface area contributed by atoms with Crippen LogP contribution in [0.5, 0.6) is 0 Å². The van der Waals surface area contributed by atoms with Crippen LogP contribution in [0.1, 0.15) is 24.4 Å². The summed E-state index contributed by atoms with van der Waals surface area (Å²) in [6.45, 7) is 0.105. The lowest BCUT2D eigenvalue weighted by Gasteiger charge is -2.24. The third-order valence-electron chi connectivity index (χ3n) is 3.83. The molecule has 9 heteroatoms. The van der Waals surface area contributed by atoms with Gasteiger partial charge >= 0.3 is 18.2 Å². The van der Waals surface area contributed by atoms with E-state index in [0.717, 1.165) is 12.1 Å². The molecule has 0 aliphatic carbocycles. The lowest BCUT2D eigenvalue weighted by atomic mass is 10.0. The van der Waals surface area contributed by atoms with Crippen molar-refractivity contribution in [2.45, 2.75) is 25.1 Å². The van der Waals surface area contributed by atoms with Crippen molar-refractivity contribution < 1.29 is 32.3 Å². The fourth-order valence-electron chi connectivity index (χ4n) is 2.57. The first-order valence-corrected chi connectivity index (χ1v) is 7.26. The van der Waals surface area contributed by atoms with Crippen molar-refractivity contribution >= 4 is 12.0 Å². The summed E-state index contributed by atoms with van der Waals surface area (Å²) in [7, 11) is 0. The number of nitrogens with zero attached hydrogens (tertiary/aromatic N) is 1. The predicted octanol–water partition coefficient (Wildman–Crippen LogP) is 2.94. The summed E-state index contributed by atoms with van der Waals surface area (Å²) < 4.78 is 51.2. The number of aliphatic carboxylic acids is 1. The summed E-state index contributed by atoms with van der Waals surface area (Å²) >= 11 is 0. The van der Waals surface area contributed by atoms with Crippen LogP contribution in [0.15, 0.2) is 24.3 Å². The molecule has 0 radical (unpaired) electrons. The van der Waals surface area contributed by atoms with Gasteiger partial charge in [0.25, 0.3) is 0 Å². The number of hydrogen-bond acceptors (Lipinski definition) is 2. The van der Waals surface area contributed by atoms with Crippen molar-refractivity contribution in [2.24, 2.45) is 5.92 Å². The Hall–Kier alpha value is -2.32. The normalized spacial score (nSPS) is 19.2. The minimum absolute atomic E-state index is 0.0523. The number of hydrogen-bond donors (Lipinski definition) is 2. The first kappa shape index (κ1) is 18.0. The first-order valence-electron chi connectivity index (χ1n) is 7.26. The minimum Gasteiger partial charge on any atom is -0.481 e. The average molecular weight is 348 g/mol. The molecule has 24 heavy (non-hydrogen) atoms. The molecule has 1 aliphatic rings. The second kappa shape index (κ2) is 7.06. The third-order valence-corrected chi connectivity index (χ3v) is 3.83. The molecule has 2 N–H and O–H groups in total. The van der Waals surface area contributed by atoms with Gasteiger partial charge < -0.3 is 15.3 Å². The number of likely N-dealkylation sites (tertiary alicyclic amines) is 1. The van der Waals surface area contributed by atoms with Crippen LogP contribution in [-0.2, 0) is 4.79 Å². The molecule has 1 heterocycles. The van der Waals surface area contributed by atoms with Gasteiger partial charge in [0.15, 0.2) is 0 Å². The highest BCUT2D eigenvalue weighted by molar-refractivity contribution is 5.77.